The van der Waals surface area contributed by atoms with E-state index in [0.717, 1.165) is 23.7 Å². The number of benzene rings is 1. The number of hydrogen-bond donors (Lipinski definition) is 1. The maximum absolute atomic E-state index is 13.0. The molecule has 0 saturated carbocycles. The molecule has 2 saturated heterocycles. The third kappa shape index (κ3) is 3.09. The summed E-state index contributed by atoms with van der Waals surface area (Å²) in [5.74, 6) is 0.230. The van der Waals surface area contributed by atoms with E-state index >= 15 is 0 Å². The molecule has 2 aromatic heterocycles. The van der Waals surface area contributed by atoms with Crippen LogP contribution in [-0.2, 0) is 9.47 Å². The lowest BCUT2D eigenvalue weighted by Gasteiger charge is -2.39. The molecule has 1 N–H and O–H groups in total. The highest BCUT2D eigenvalue weighted by molar-refractivity contribution is 6.04. The minimum Gasteiger partial charge on any atom is -0.459 e. The summed E-state index contributed by atoms with van der Waals surface area (Å²) >= 11 is 0. The lowest BCUT2D eigenvalue weighted by atomic mass is 9.94. The van der Waals surface area contributed by atoms with Gasteiger partial charge in [-0.15, -0.1) is 0 Å². The van der Waals surface area contributed by atoms with Crippen LogP contribution in [0, 0.1) is 0 Å². The number of carbonyl (C=O) groups excluding carboxylic acids is 1. The number of aromatic nitrogens is 3. The minimum absolute atomic E-state index is 0.0901. The highest BCUT2D eigenvalue weighted by Gasteiger charge is 2.34. The van der Waals surface area contributed by atoms with E-state index in [1.54, 1.807) is 24.7 Å². The number of fused-ring (bicyclic) bond motifs is 3. The number of para-hydroxylation sites is 1. The molecule has 2 aliphatic heterocycles. The molecule has 27 heavy (non-hydrogen) atoms. The van der Waals surface area contributed by atoms with Gasteiger partial charge in [0.15, 0.2) is 0 Å². The molecule has 0 radical (unpaired) electrons. The zero-order valence-electron chi connectivity index (χ0n) is 14.7. The number of hydrogen-bond acceptors (Lipinski definition) is 6. The first-order chi connectivity index (χ1) is 13.3. The number of nitrogens with zero attached hydrogens (tertiary/aromatic N) is 3. The molecule has 0 spiro atoms. The zero-order valence-corrected chi connectivity index (χ0v) is 14.7. The second-order valence-electron chi connectivity index (χ2n) is 7.08. The molecule has 138 valence electrons. The van der Waals surface area contributed by atoms with Gasteiger partial charge in [0, 0.05) is 48.9 Å². The molecule has 3 aromatic rings. The number of ether oxygens (including phenoxy) is 2. The molecule has 2 bridgehead atoms. The van der Waals surface area contributed by atoms with E-state index in [0.29, 0.717) is 24.7 Å². The van der Waals surface area contributed by atoms with E-state index in [4.69, 9.17) is 9.47 Å². The number of rotatable bonds is 3. The van der Waals surface area contributed by atoms with Crippen LogP contribution in [0.2, 0.25) is 0 Å². The SMILES string of the molecule is O=C(OC1C[C@H]2COC[C@@H](C1)N2)c1cn(-c2ncccn2)c2ccccc12. The van der Waals surface area contributed by atoms with Gasteiger partial charge in [-0.3, -0.25) is 4.57 Å². The number of esters is 1. The monoisotopic (exact) mass is 364 g/mol. The van der Waals surface area contributed by atoms with Crippen molar-refractivity contribution in [3.05, 3.63) is 54.5 Å². The van der Waals surface area contributed by atoms with Crippen LogP contribution in [0.25, 0.3) is 16.9 Å². The van der Waals surface area contributed by atoms with Gasteiger partial charge in [0.25, 0.3) is 0 Å². The summed E-state index contributed by atoms with van der Waals surface area (Å²) < 4.78 is 13.3. The standard InChI is InChI=1S/C20H20N4O3/c25-19(27-15-8-13-11-26-12-14(9-15)23-13)17-10-24(20-21-6-3-7-22-20)18-5-2-1-4-16(17)18/h1-7,10,13-15,23H,8-9,11-12H2/t13-,14+,15?. The highest BCUT2D eigenvalue weighted by atomic mass is 16.5. The minimum atomic E-state index is -0.299. The highest BCUT2D eigenvalue weighted by Crippen LogP contribution is 2.27. The number of carbonyl (C=O) groups is 1. The van der Waals surface area contributed by atoms with Gasteiger partial charge in [-0.1, -0.05) is 18.2 Å². The van der Waals surface area contributed by atoms with E-state index in [-0.39, 0.29) is 24.2 Å². The van der Waals surface area contributed by atoms with Gasteiger partial charge in [-0.05, 0) is 12.1 Å². The Morgan fingerprint density at radius 3 is 2.63 bits per heavy atom. The smallest absolute Gasteiger partial charge is 0.340 e. The summed E-state index contributed by atoms with van der Waals surface area (Å²) in [5, 5.41) is 4.35. The fourth-order valence-corrected chi connectivity index (χ4v) is 4.02. The fraction of sp³-hybridized carbons (Fsp3) is 0.350. The van der Waals surface area contributed by atoms with E-state index < -0.39 is 0 Å². The molecule has 3 atom stereocenters. The summed E-state index contributed by atoms with van der Waals surface area (Å²) in [5.41, 5.74) is 1.42. The molecule has 7 nitrogen and oxygen atoms in total. The molecule has 0 amide bonds. The molecule has 2 fully saturated rings. The van der Waals surface area contributed by atoms with Crippen molar-refractivity contribution in [3.63, 3.8) is 0 Å². The summed E-state index contributed by atoms with van der Waals surface area (Å²) in [6.45, 7) is 1.35. The van der Waals surface area contributed by atoms with Crippen molar-refractivity contribution in [2.24, 2.45) is 0 Å². The van der Waals surface area contributed by atoms with Gasteiger partial charge in [-0.2, -0.15) is 0 Å². The average molecular weight is 364 g/mol. The van der Waals surface area contributed by atoms with E-state index in [2.05, 4.69) is 15.3 Å². The van der Waals surface area contributed by atoms with Crippen LogP contribution in [0.3, 0.4) is 0 Å². The summed E-state index contributed by atoms with van der Waals surface area (Å²) in [6.07, 6.45) is 6.61. The first-order valence-electron chi connectivity index (χ1n) is 9.20. The summed E-state index contributed by atoms with van der Waals surface area (Å²) in [6, 6.07) is 10.0. The lowest BCUT2D eigenvalue weighted by Crippen LogP contribution is -2.56. The first kappa shape index (κ1) is 16.4. The van der Waals surface area contributed by atoms with Crippen molar-refractivity contribution in [1.82, 2.24) is 19.9 Å². The predicted octanol–water partition coefficient (Wildman–Crippen LogP) is 2.10. The van der Waals surface area contributed by atoms with E-state index in [9.17, 15) is 4.79 Å². The Morgan fingerprint density at radius 1 is 1.11 bits per heavy atom. The third-order valence-corrected chi connectivity index (χ3v) is 5.18. The number of nitrogens with one attached hydrogen (secondary N) is 1. The largest absolute Gasteiger partial charge is 0.459 e. The maximum Gasteiger partial charge on any atom is 0.340 e. The fourth-order valence-electron chi connectivity index (χ4n) is 4.02. The zero-order chi connectivity index (χ0) is 18.2. The molecular formula is C20H20N4O3. The molecule has 7 heteroatoms. The van der Waals surface area contributed by atoms with Crippen molar-refractivity contribution in [2.75, 3.05) is 13.2 Å². The summed E-state index contributed by atoms with van der Waals surface area (Å²) in [4.78, 5) is 21.6. The summed E-state index contributed by atoms with van der Waals surface area (Å²) in [7, 11) is 0. The first-order valence-corrected chi connectivity index (χ1v) is 9.20. The van der Waals surface area contributed by atoms with Gasteiger partial charge in [0.05, 0.1) is 24.3 Å². The predicted molar refractivity (Wildman–Crippen MR) is 98.8 cm³/mol. The van der Waals surface area contributed by atoms with Crippen LogP contribution >= 0.6 is 0 Å². The van der Waals surface area contributed by atoms with Crippen molar-refractivity contribution in [1.29, 1.82) is 0 Å². The Labute approximate surface area is 156 Å². The topological polar surface area (TPSA) is 78.3 Å². The molecule has 1 unspecified atom stereocenters. The van der Waals surface area contributed by atoms with Gasteiger partial charge < -0.3 is 14.8 Å². The van der Waals surface area contributed by atoms with Crippen molar-refractivity contribution in [2.45, 2.75) is 31.0 Å². The van der Waals surface area contributed by atoms with Gasteiger partial charge in [0.2, 0.25) is 5.95 Å². The molecular weight excluding hydrogens is 344 g/mol. The molecule has 1 aromatic carbocycles. The van der Waals surface area contributed by atoms with Crippen molar-refractivity contribution >= 4 is 16.9 Å². The van der Waals surface area contributed by atoms with Crippen LogP contribution in [0.1, 0.15) is 23.2 Å². The Bertz CT molecular complexity index is 960. The molecule has 4 heterocycles. The second-order valence-corrected chi connectivity index (χ2v) is 7.08. The quantitative estimate of drug-likeness (QED) is 0.717. The Morgan fingerprint density at radius 2 is 1.85 bits per heavy atom. The number of morpholine rings is 1. The van der Waals surface area contributed by atoms with Gasteiger partial charge in [0.1, 0.15) is 6.10 Å². The van der Waals surface area contributed by atoms with Crippen LogP contribution in [-0.4, -0.2) is 51.9 Å². The Balaban J connectivity index is 1.45. The third-order valence-electron chi connectivity index (χ3n) is 5.18. The second kappa shape index (κ2) is 6.75. The van der Waals surface area contributed by atoms with Gasteiger partial charge >= 0.3 is 5.97 Å². The maximum atomic E-state index is 13.0. The van der Waals surface area contributed by atoms with Crippen LogP contribution in [0.5, 0.6) is 0 Å². The molecule has 5 rings (SSSR count). The number of piperidine rings is 1. The Kier molecular flexibility index (Phi) is 4.10. The van der Waals surface area contributed by atoms with Crippen molar-refractivity contribution < 1.29 is 14.3 Å². The van der Waals surface area contributed by atoms with E-state index in [1.807, 2.05) is 28.8 Å². The van der Waals surface area contributed by atoms with Crippen molar-refractivity contribution in [3.8, 4) is 5.95 Å². The van der Waals surface area contributed by atoms with E-state index in [1.165, 1.54) is 0 Å². The Hall–Kier alpha value is -2.77. The van der Waals surface area contributed by atoms with Crippen LogP contribution in [0.15, 0.2) is 48.9 Å². The van der Waals surface area contributed by atoms with Crippen LogP contribution < -0.4 is 5.32 Å². The lowest BCUT2D eigenvalue weighted by molar-refractivity contribution is -0.0339. The van der Waals surface area contributed by atoms with Crippen LogP contribution in [0.4, 0.5) is 0 Å². The molecule has 2 aliphatic rings. The normalized spacial score (nSPS) is 24.7. The molecule has 0 aliphatic carbocycles. The van der Waals surface area contributed by atoms with Gasteiger partial charge in [-0.25, -0.2) is 14.8 Å². The average Bonchev–Trinajstić information content (AvgIpc) is 3.08.